The van der Waals surface area contributed by atoms with Gasteiger partial charge in [-0.2, -0.15) is 0 Å². The van der Waals surface area contributed by atoms with Crippen molar-refractivity contribution in [2.24, 2.45) is 0 Å². The summed E-state index contributed by atoms with van der Waals surface area (Å²) in [6.45, 7) is 11.7. The third-order valence-electron chi connectivity index (χ3n) is 2.80. The van der Waals surface area contributed by atoms with Gasteiger partial charge in [0.2, 0.25) is 0 Å². The van der Waals surface area contributed by atoms with Crippen molar-refractivity contribution in [3.63, 3.8) is 0 Å². The average molecular weight is 229 g/mol. The summed E-state index contributed by atoms with van der Waals surface area (Å²) in [7, 11) is 3.98. The summed E-state index contributed by atoms with van der Waals surface area (Å²) in [5, 5.41) is 0. The molecule has 0 unspecified atom stereocenters. The minimum absolute atomic E-state index is 0.779. The van der Waals surface area contributed by atoms with E-state index in [4.69, 9.17) is 5.73 Å². The quantitative estimate of drug-likeness (QED) is 0.621. The second kappa shape index (κ2) is 5.58. The molecule has 1 aromatic rings. The van der Waals surface area contributed by atoms with Crippen LogP contribution in [-0.2, 0) is 12.8 Å². The van der Waals surface area contributed by atoms with Crippen molar-refractivity contribution in [2.75, 3.05) is 24.7 Å². The van der Waals surface area contributed by atoms with Crippen LogP contribution in [0.15, 0.2) is 31.4 Å². The SMILES string of the molecule is [CH2]c1c(CC=C)cc(N)c(N(C)C)c1CC=C. The number of rotatable bonds is 5. The molecule has 0 aliphatic rings. The lowest BCUT2D eigenvalue weighted by atomic mass is 9.94. The van der Waals surface area contributed by atoms with Crippen LogP contribution >= 0.6 is 0 Å². The number of nitrogens with two attached hydrogens (primary N) is 1. The predicted octanol–water partition coefficient (Wildman–Crippen LogP) is 2.97. The van der Waals surface area contributed by atoms with Crippen LogP contribution in [0, 0.1) is 6.92 Å². The molecule has 0 saturated carbocycles. The summed E-state index contributed by atoms with van der Waals surface area (Å²) < 4.78 is 0. The molecule has 0 atom stereocenters. The second-order valence-electron chi connectivity index (χ2n) is 4.31. The average Bonchev–Trinajstić information content (AvgIpc) is 2.25. The van der Waals surface area contributed by atoms with Crippen LogP contribution in [0.1, 0.15) is 16.7 Å². The molecule has 2 heteroatoms. The molecule has 1 rings (SSSR count). The highest BCUT2D eigenvalue weighted by atomic mass is 15.1. The van der Waals surface area contributed by atoms with Crippen LogP contribution in [0.3, 0.4) is 0 Å². The Hall–Kier alpha value is -1.70. The molecule has 0 fully saturated rings. The Labute approximate surface area is 104 Å². The topological polar surface area (TPSA) is 29.3 Å². The predicted molar refractivity (Wildman–Crippen MR) is 77.4 cm³/mol. The maximum atomic E-state index is 6.11. The highest BCUT2D eigenvalue weighted by Crippen LogP contribution is 2.32. The van der Waals surface area contributed by atoms with Gasteiger partial charge in [0.1, 0.15) is 0 Å². The molecule has 17 heavy (non-hydrogen) atoms. The third-order valence-corrected chi connectivity index (χ3v) is 2.80. The molecule has 0 aliphatic heterocycles. The van der Waals surface area contributed by atoms with Gasteiger partial charge < -0.3 is 10.6 Å². The van der Waals surface area contributed by atoms with Gasteiger partial charge in [-0.05, 0) is 42.5 Å². The Morgan fingerprint density at radius 3 is 2.29 bits per heavy atom. The fourth-order valence-electron chi connectivity index (χ4n) is 2.08. The first-order valence-corrected chi connectivity index (χ1v) is 5.68. The van der Waals surface area contributed by atoms with E-state index >= 15 is 0 Å². The van der Waals surface area contributed by atoms with E-state index in [1.54, 1.807) is 0 Å². The number of nitrogens with zero attached hydrogens (tertiary/aromatic N) is 1. The lowest BCUT2D eigenvalue weighted by Gasteiger charge is -2.23. The van der Waals surface area contributed by atoms with Crippen LogP contribution < -0.4 is 10.6 Å². The molecule has 0 heterocycles. The summed E-state index contributed by atoms with van der Waals surface area (Å²) in [6, 6.07) is 1.99. The van der Waals surface area contributed by atoms with Crippen molar-refractivity contribution in [2.45, 2.75) is 12.8 Å². The highest BCUT2D eigenvalue weighted by Gasteiger charge is 2.13. The van der Waals surface area contributed by atoms with E-state index < -0.39 is 0 Å². The monoisotopic (exact) mass is 229 g/mol. The molecule has 2 nitrogen and oxygen atoms in total. The summed E-state index contributed by atoms with van der Waals surface area (Å²) in [4.78, 5) is 2.03. The van der Waals surface area contributed by atoms with Crippen molar-refractivity contribution >= 4 is 11.4 Å². The minimum atomic E-state index is 0.779. The molecule has 0 spiro atoms. The second-order valence-corrected chi connectivity index (χ2v) is 4.31. The van der Waals surface area contributed by atoms with E-state index in [0.717, 1.165) is 40.9 Å². The zero-order valence-corrected chi connectivity index (χ0v) is 10.8. The lowest BCUT2D eigenvalue weighted by molar-refractivity contribution is 1.08. The first-order valence-electron chi connectivity index (χ1n) is 5.68. The smallest absolute Gasteiger partial charge is 0.0633 e. The van der Waals surface area contributed by atoms with E-state index in [2.05, 4.69) is 20.1 Å². The van der Waals surface area contributed by atoms with Gasteiger partial charge in [-0.3, -0.25) is 0 Å². The Morgan fingerprint density at radius 2 is 1.82 bits per heavy atom. The molecule has 2 N–H and O–H groups in total. The van der Waals surface area contributed by atoms with Crippen LogP contribution in [0.2, 0.25) is 0 Å². The zero-order valence-electron chi connectivity index (χ0n) is 10.8. The van der Waals surface area contributed by atoms with Crippen molar-refractivity contribution in [1.82, 2.24) is 0 Å². The highest BCUT2D eigenvalue weighted by molar-refractivity contribution is 5.75. The van der Waals surface area contributed by atoms with Gasteiger partial charge in [-0.25, -0.2) is 0 Å². The molecule has 0 aliphatic carbocycles. The standard InChI is InChI=1S/C15H21N2/c1-6-8-12-10-14(16)15(17(4)5)13(9-7-2)11(12)3/h6-7,10H,1-3,8-9,16H2,4-5H3. The molecule has 1 aromatic carbocycles. The Morgan fingerprint density at radius 1 is 1.24 bits per heavy atom. The number of benzene rings is 1. The number of hydrogen-bond acceptors (Lipinski definition) is 2. The van der Waals surface area contributed by atoms with Gasteiger partial charge in [0.15, 0.2) is 0 Å². The number of allylic oxidation sites excluding steroid dienone is 2. The van der Waals surface area contributed by atoms with E-state index in [0.29, 0.717) is 0 Å². The largest absolute Gasteiger partial charge is 0.397 e. The van der Waals surface area contributed by atoms with Crippen LogP contribution in [0.4, 0.5) is 11.4 Å². The maximum Gasteiger partial charge on any atom is 0.0633 e. The van der Waals surface area contributed by atoms with Crippen LogP contribution in [-0.4, -0.2) is 14.1 Å². The molecular formula is C15H21N2. The van der Waals surface area contributed by atoms with Gasteiger partial charge in [-0.15, -0.1) is 13.2 Å². The molecule has 0 bridgehead atoms. The van der Waals surface area contributed by atoms with E-state index in [1.807, 2.05) is 37.2 Å². The Kier molecular flexibility index (Phi) is 4.38. The minimum Gasteiger partial charge on any atom is -0.397 e. The lowest BCUT2D eigenvalue weighted by Crippen LogP contribution is -2.15. The van der Waals surface area contributed by atoms with Gasteiger partial charge in [0.25, 0.3) is 0 Å². The zero-order chi connectivity index (χ0) is 13.0. The Balaban J connectivity index is 3.46. The van der Waals surface area contributed by atoms with E-state index in [1.165, 1.54) is 0 Å². The molecule has 1 radical (unpaired) electrons. The Bertz CT molecular complexity index is 431. The summed E-state index contributed by atoms with van der Waals surface area (Å²) >= 11 is 0. The first-order chi connectivity index (χ1) is 8.02. The fourth-order valence-corrected chi connectivity index (χ4v) is 2.08. The number of nitrogen functional groups attached to an aromatic ring is 1. The molecule has 91 valence electrons. The molecular weight excluding hydrogens is 208 g/mol. The normalized spacial score (nSPS) is 10.1. The fraction of sp³-hybridized carbons (Fsp3) is 0.267. The summed E-state index contributed by atoms with van der Waals surface area (Å²) in [5.74, 6) is 0. The number of anilines is 2. The summed E-state index contributed by atoms with van der Waals surface area (Å²) in [6.07, 6.45) is 5.33. The van der Waals surface area contributed by atoms with Gasteiger partial charge >= 0.3 is 0 Å². The molecule has 0 saturated heterocycles. The van der Waals surface area contributed by atoms with Crippen molar-refractivity contribution < 1.29 is 0 Å². The van der Waals surface area contributed by atoms with Crippen LogP contribution in [0.25, 0.3) is 0 Å². The van der Waals surface area contributed by atoms with Crippen molar-refractivity contribution in [3.05, 3.63) is 55.0 Å². The van der Waals surface area contributed by atoms with Crippen molar-refractivity contribution in [1.29, 1.82) is 0 Å². The molecule has 0 aromatic heterocycles. The van der Waals surface area contributed by atoms with E-state index in [-0.39, 0.29) is 0 Å². The maximum absolute atomic E-state index is 6.11. The number of hydrogen-bond donors (Lipinski definition) is 1. The third kappa shape index (κ3) is 2.70. The summed E-state index contributed by atoms with van der Waals surface area (Å²) in [5.41, 5.74) is 11.3. The molecule has 0 amide bonds. The van der Waals surface area contributed by atoms with Gasteiger partial charge in [-0.1, -0.05) is 12.2 Å². The van der Waals surface area contributed by atoms with E-state index in [9.17, 15) is 0 Å². The van der Waals surface area contributed by atoms with Crippen LogP contribution in [0.5, 0.6) is 0 Å². The van der Waals surface area contributed by atoms with Crippen molar-refractivity contribution in [3.8, 4) is 0 Å². The first kappa shape index (κ1) is 13.4. The van der Waals surface area contributed by atoms with Gasteiger partial charge in [0.05, 0.1) is 11.4 Å². The van der Waals surface area contributed by atoms with Gasteiger partial charge in [0, 0.05) is 14.1 Å².